The van der Waals surface area contributed by atoms with Gasteiger partial charge in [-0.3, -0.25) is 9.59 Å². The molecule has 2 fully saturated rings. The number of nitrogens with one attached hydrogen (secondary N) is 2. The van der Waals surface area contributed by atoms with Gasteiger partial charge in [-0.15, -0.1) is 0 Å². The SMILES string of the molecule is COc1cc(C(=O)NC2CCN(C)CC2)ccc1Nc1ncc2c(n1)c(-c1cccc(C)c1)c(OCC1CC1)c(=O)n2C. The Kier molecular flexibility index (Phi) is 8.03. The van der Waals surface area contributed by atoms with Gasteiger partial charge in [0.25, 0.3) is 11.5 Å². The van der Waals surface area contributed by atoms with Crippen LogP contribution in [-0.2, 0) is 7.05 Å². The smallest absolute Gasteiger partial charge is 0.293 e. The van der Waals surface area contributed by atoms with Crippen molar-refractivity contribution < 1.29 is 14.3 Å². The molecule has 2 aliphatic rings. The van der Waals surface area contributed by atoms with E-state index in [1.807, 2.05) is 31.2 Å². The van der Waals surface area contributed by atoms with Gasteiger partial charge in [-0.1, -0.05) is 29.8 Å². The predicted molar refractivity (Wildman–Crippen MR) is 167 cm³/mol. The van der Waals surface area contributed by atoms with E-state index in [-0.39, 0.29) is 17.5 Å². The number of nitrogens with zero attached hydrogens (tertiary/aromatic N) is 4. The number of hydrogen-bond donors (Lipinski definition) is 2. The van der Waals surface area contributed by atoms with Crippen molar-refractivity contribution in [2.75, 3.05) is 39.2 Å². The van der Waals surface area contributed by atoms with Gasteiger partial charge in [0, 0.05) is 18.7 Å². The highest BCUT2D eigenvalue weighted by molar-refractivity contribution is 5.96. The third-order valence-electron chi connectivity index (χ3n) is 8.32. The molecule has 10 nitrogen and oxygen atoms in total. The molecule has 1 saturated carbocycles. The molecular formula is C33H38N6O4. The molecule has 1 saturated heterocycles. The second-order valence-corrected chi connectivity index (χ2v) is 11.7. The fraction of sp³-hybridized carbons (Fsp3) is 0.394. The lowest BCUT2D eigenvalue weighted by atomic mass is 10.0. The third kappa shape index (κ3) is 6.19. The minimum Gasteiger partial charge on any atom is -0.495 e. The second kappa shape index (κ2) is 12.0. The zero-order chi connectivity index (χ0) is 30.1. The van der Waals surface area contributed by atoms with Crippen LogP contribution in [0.2, 0.25) is 0 Å². The Hall–Kier alpha value is -4.44. The number of ether oxygens (including phenoxy) is 2. The Balaban J connectivity index is 1.34. The lowest BCUT2D eigenvalue weighted by molar-refractivity contribution is 0.0916. The van der Waals surface area contributed by atoms with Crippen LogP contribution >= 0.6 is 0 Å². The molecular weight excluding hydrogens is 544 g/mol. The largest absolute Gasteiger partial charge is 0.495 e. The van der Waals surface area contributed by atoms with Crippen LogP contribution in [0.15, 0.2) is 53.5 Å². The number of pyridine rings is 1. The molecule has 0 radical (unpaired) electrons. The van der Waals surface area contributed by atoms with E-state index in [4.69, 9.17) is 14.5 Å². The first kappa shape index (κ1) is 28.7. The van der Waals surface area contributed by atoms with Crippen LogP contribution in [0.1, 0.15) is 41.6 Å². The highest BCUT2D eigenvalue weighted by Crippen LogP contribution is 2.37. The summed E-state index contributed by atoms with van der Waals surface area (Å²) in [6, 6.07) is 13.4. The number of benzene rings is 2. The van der Waals surface area contributed by atoms with E-state index in [1.165, 1.54) is 0 Å². The molecule has 4 aromatic rings. The van der Waals surface area contributed by atoms with E-state index >= 15 is 0 Å². The number of anilines is 2. The molecule has 2 aromatic heterocycles. The zero-order valence-electron chi connectivity index (χ0n) is 25.1. The number of methoxy groups -OCH3 is 1. The van der Waals surface area contributed by atoms with Crippen LogP contribution in [-0.4, -0.2) is 65.2 Å². The van der Waals surface area contributed by atoms with E-state index in [1.54, 1.807) is 43.1 Å². The van der Waals surface area contributed by atoms with Crippen molar-refractivity contribution in [2.24, 2.45) is 13.0 Å². The summed E-state index contributed by atoms with van der Waals surface area (Å²) < 4.78 is 13.4. The third-order valence-corrected chi connectivity index (χ3v) is 8.32. The first-order chi connectivity index (χ1) is 20.8. The van der Waals surface area contributed by atoms with Gasteiger partial charge in [0.1, 0.15) is 11.3 Å². The molecule has 224 valence electrons. The van der Waals surface area contributed by atoms with Gasteiger partial charge < -0.3 is 29.6 Å². The monoisotopic (exact) mass is 582 g/mol. The maximum atomic E-state index is 13.5. The van der Waals surface area contributed by atoms with Crippen LogP contribution in [0.25, 0.3) is 22.2 Å². The molecule has 3 heterocycles. The van der Waals surface area contributed by atoms with Gasteiger partial charge in [-0.2, -0.15) is 0 Å². The second-order valence-electron chi connectivity index (χ2n) is 11.7. The molecule has 0 bridgehead atoms. The molecule has 43 heavy (non-hydrogen) atoms. The number of rotatable bonds is 9. The predicted octanol–water partition coefficient (Wildman–Crippen LogP) is 4.67. The zero-order valence-corrected chi connectivity index (χ0v) is 25.1. The Morgan fingerprint density at radius 2 is 1.86 bits per heavy atom. The Labute approximate surface area is 251 Å². The summed E-state index contributed by atoms with van der Waals surface area (Å²) in [5.74, 6) is 1.48. The van der Waals surface area contributed by atoms with Gasteiger partial charge >= 0.3 is 0 Å². The number of carbonyl (C=O) groups is 1. The van der Waals surface area contributed by atoms with Crippen molar-refractivity contribution in [3.05, 3.63) is 70.1 Å². The standard InChI is InChI=1S/C33H38N6O4/c1-20-6-5-7-22(16-20)28-29-26(39(3)32(41)30(28)43-19-21-8-9-21)18-34-33(37-29)36-25-11-10-23(17-27(25)42-4)31(40)35-24-12-14-38(2)15-13-24/h5-7,10-11,16-18,21,24H,8-9,12-15,19H2,1-4H3,(H,35,40)(H,34,36,37). The summed E-state index contributed by atoms with van der Waals surface area (Å²) in [6.45, 7) is 4.46. The van der Waals surface area contributed by atoms with Gasteiger partial charge in [-0.05, 0) is 82.4 Å². The summed E-state index contributed by atoms with van der Waals surface area (Å²) in [4.78, 5) is 38.2. The van der Waals surface area contributed by atoms with Crippen molar-refractivity contribution in [3.8, 4) is 22.6 Å². The number of likely N-dealkylation sites (tertiary alicyclic amines) is 1. The number of carbonyl (C=O) groups excluding carboxylic acids is 1. The topological polar surface area (TPSA) is 111 Å². The number of piperidine rings is 1. The van der Waals surface area contributed by atoms with E-state index in [0.717, 1.165) is 49.9 Å². The first-order valence-corrected chi connectivity index (χ1v) is 14.8. The summed E-state index contributed by atoms with van der Waals surface area (Å²) in [6.07, 6.45) is 5.74. The molecule has 0 spiro atoms. The van der Waals surface area contributed by atoms with Crippen LogP contribution in [0.4, 0.5) is 11.6 Å². The average molecular weight is 583 g/mol. The van der Waals surface area contributed by atoms with E-state index in [9.17, 15) is 9.59 Å². The fourth-order valence-electron chi connectivity index (χ4n) is 5.51. The average Bonchev–Trinajstić information content (AvgIpc) is 3.84. The van der Waals surface area contributed by atoms with Crippen molar-refractivity contribution in [1.29, 1.82) is 0 Å². The summed E-state index contributed by atoms with van der Waals surface area (Å²) in [7, 11) is 5.37. The van der Waals surface area contributed by atoms with Crippen LogP contribution in [0, 0.1) is 12.8 Å². The number of hydrogen-bond acceptors (Lipinski definition) is 8. The molecule has 0 unspecified atom stereocenters. The molecule has 2 aromatic carbocycles. The number of fused-ring (bicyclic) bond motifs is 1. The van der Waals surface area contributed by atoms with Gasteiger partial charge in [-0.25, -0.2) is 9.97 Å². The molecule has 10 heteroatoms. The summed E-state index contributed by atoms with van der Waals surface area (Å²) in [5.41, 5.74) is 4.69. The molecule has 6 rings (SSSR count). The van der Waals surface area contributed by atoms with Crippen LogP contribution < -0.4 is 25.7 Å². The number of amides is 1. The highest BCUT2D eigenvalue weighted by atomic mass is 16.5. The quantitative estimate of drug-likeness (QED) is 0.293. The van der Waals surface area contributed by atoms with Crippen molar-refractivity contribution in [1.82, 2.24) is 24.8 Å². The summed E-state index contributed by atoms with van der Waals surface area (Å²) in [5, 5.41) is 6.41. The van der Waals surface area contributed by atoms with Crippen LogP contribution in [0.3, 0.4) is 0 Å². The lowest BCUT2D eigenvalue weighted by Gasteiger charge is -2.29. The maximum Gasteiger partial charge on any atom is 0.293 e. The Morgan fingerprint density at radius 1 is 1.07 bits per heavy atom. The van der Waals surface area contributed by atoms with Crippen molar-refractivity contribution in [3.63, 3.8) is 0 Å². The van der Waals surface area contributed by atoms with Crippen LogP contribution in [0.5, 0.6) is 11.5 Å². The summed E-state index contributed by atoms with van der Waals surface area (Å²) >= 11 is 0. The molecule has 1 aliphatic carbocycles. The minimum absolute atomic E-state index is 0.121. The normalized spacial score (nSPS) is 15.8. The fourth-order valence-corrected chi connectivity index (χ4v) is 5.51. The number of aromatic nitrogens is 3. The Morgan fingerprint density at radius 3 is 2.58 bits per heavy atom. The van der Waals surface area contributed by atoms with E-state index < -0.39 is 0 Å². The minimum atomic E-state index is -0.218. The van der Waals surface area contributed by atoms with E-state index in [0.29, 0.717) is 57.8 Å². The van der Waals surface area contributed by atoms with E-state index in [2.05, 4.69) is 27.6 Å². The van der Waals surface area contributed by atoms with Gasteiger partial charge in [0.15, 0.2) is 5.75 Å². The number of aryl methyl sites for hydroxylation is 2. The highest BCUT2D eigenvalue weighted by Gasteiger charge is 2.26. The lowest BCUT2D eigenvalue weighted by Crippen LogP contribution is -2.43. The van der Waals surface area contributed by atoms with Gasteiger partial charge in [0.2, 0.25) is 5.95 Å². The molecule has 1 aliphatic heterocycles. The molecule has 2 N–H and O–H groups in total. The van der Waals surface area contributed by atoms with Crippen molar-refractivity contribution >= 4 is 28.6 Å². The Bertz CT molecular complexity index is 1720. The first-order valence-electron chi connectivity index (χ1n) is 14.8. The maximum absolute atomic E-state index is 13.5. The van der Waals surface area contributed by atoms with Crippen molar-refractivity contribution in [2.45, 2.75) is 38.6 Å². The molecule has 0 atom stereocenters. The molecule has 1 amide bonds. The van der Waals surface area contributed by atoms with Gasteiger partial charge in [0.05, 0.1) is 36.7 Å².